The van der Waals surface area contributed by atoms with Gasteiger partial charge >= 0.3 is 0 Å². The first-order valence-corrected chi connectivity index (χ1v) is 11.4. The lowest BCUT2D eigenvalue weighted by molar-refractivity contribution is -0.136. The highest BCUT2D eigenvalue weighted by molar-refractivity contribution is 5.84. The molecule has 9 heteroatoms. The number of nitrogens with zero attached hydrogens (tertiary/aromatic N) is 4. The summed E-state index contributed by atoms with van der Waals surface area (Å²) in [6.45, 7) is 4.06. The zero-order valence-corrected chi connectivity index (χ0v) is 19.3. The van der Waals surface area contributed by atoms with Crippen molar-refractivity contribution in [1.29, 1.82) is 0 Å². The van der Waals surface area contributed by atoms with Crippen molar-refractivity contribution in [3.05, 3.63) is 58.0 Å². The van der Waals surface area contributed by atoms with Crippen LogP contribution in [0.4, 0.5) is 0 Å². The summed E-state index contributed by atoms with van der Waals surface area (Å²) < 4.78 is 3.53. The number of carbonyl (C=O) groups is 2. The summed E-state index contributed by atoms with van der Waals surface area (Å²) in [5, 5.41) is 13.2. The van der Waals surface area contributed by atoms with Gasteiger partial charge in [0.25, 0.3) is 5.56 Å². The van der Waals surface area contributed by atoms with Gasteiger partial charge in [-0.15, -0.1) is 0 Å². The number of aryl methyl sites for hydroxylation is 1. The molecule has 0 aliphatic carbocycles. The number of carbonyl (C=O) groups excluding carboxylic acids is 2. The van der Waals surface area contributed by atoms with Gasteiger partial charge in [-0.1, -0.05) is 19.1 Å². The fraction of sp³-hybridized carbons (Fsp3) is 0.500. The summed E-state index contributed by atoms with van der Waals surface area (Å²) in [7, 11) is 1.89. The van der Waals surface area contributed by atoms with Gasteiger partial charge in [0.05, 0.1) is 30.0 Å². The van der Waals surface area contributed by atoms with Crippen LogP contribution in [0.5, 0.6) is 0 Å². The van der Waals surface area contributed by atoms with Gasteiger partial charge in [0, 0.05) is 63.0 Å². The summed E-state index contributed by atoms with van der Waals surface area (Å²) in [6, 6.07) is 2.58. The topological polar surface area (TPSA) is 109 Å². The van der Waals surface area contributed by atoms with Crippen LogP contribution in [0.15, 0.2) is 35.5 Å². The van der Waals surface area contributed by atoms with E-state index in [9.17, 15) is 19.5 Å². The van der Waals surface area contributed by atoms with Gasteiger partial charge in [-0.05, 0) is 19.1 Å². The molecule has 2 aliphatic rings. The SMILES string of the molecule is CC=Cc1ccc2n(c1=O)C[C@H]1[C@H](CO)[C@@H](C(=O)NCCc3cn(C)cn3)[C@@H]2N1C(=O)CC. The number of pyridine rings is 1. The lowest BCUT2D eigenvalue weighted by Gasteiger charge is -2.38. The van der Waals surface area contributed by atoms with Gasteiger partial charge in [0.15, 0.2) is 0 Å². The van der Waals surface area contributed by atoms with Crippen molar-refractivity contribution in [1.82, 2.24) is 24.3 Å². The summed E-state index contributed by atoms with van der Waals surface area (Å²) >= 11 is 0. The minimum absolute atomic E-state index is 0.0801. The van der Waals surface area contributed by atoms with Crippen molar-refractivity contribution in [2.24, 2.45) is 18.9 Å². The van der Waals surface area contributed by atoms with Crippen molar-refractivity contribution in [3.63, 3.8) is 0 Å². The summed E-state index contributed by atoms with van der Waals surface area (Å²) in [4.78, 5) is 45.4. The van der Waals surface area contributed by atoms with Crippen molar-refractivity contribution >= 4 is 17.9 Å². The smallest absolute Gasteiger partial charge is 0.258 e. The predicted octanol–water partition coefficient (Wildman–Crippen LogP) is 0.874. The highest BCUT2D eigenvalue weighted by Gasteiger charge is 2.57. The van der Waals surface area contributed by atoms with E-state index in [0.29, 0.717) is 30.6 Å². The number of aliphatic hydroxyl groups is 1. The fourth-order valence-electron chi connectivity index (χ4n) is 5.28. The van der Waals surface area contributed by atoms with Crippen LogP contribution in [0.2, 0.25) is 0 Å². The summed E-state index contributed by atoms with van der Waals surface area (Å²) in [6.07, 6.45) is 8.05. The van der Waals surface area contributed by atoms with Gasteiger partial charge in [0.1, 0.15) is 0 Å². The van der Waals surface area contributed by atoms with E-state index in [1.165, 1.54) is 0 Å². The van der Waals surface area contributed by atoms with Gasteiger partial charge in [0.2, 0.25) is 11.8 Å². The molecule has 2 amide bonds. The van der Waals surface area contributed by atoms with E-state index < -0.39 is 23.9 Å². The Hall–Kier alpha value is -3.20. The van der Waals surface area contributed by atoms with E-state index >= 15 is 0 Å². The molecule has 2 N–H and O–H groups in total. The number of aliphatic hydroxyl groups excluding tert-OH is 1. The van der Waals surface area contributed by atoms with Gasteiger partial charge < -0.3 is 24.5 Å². The maximum absolute atomic E-state index is 13.4. The molecule has 4 rings (SSSR count). The van der Waals surface area contributed by atoms with Crippen LogP contribution in [0.1, 0.15) is 43.3 Å². The largest absolute Gasteiger partial charge is 0.396 e. The molecule has 0 spiro atoms. The van der Waals surface area contributed by atoms with E-state index in [2.05, 4.69) is 10.3 Å². The number of allylic oxidation sites excluding steroid dienone is 1. The van der Waals surface area contributed by atoms with Crippen LogP contribution in [0.25, 0.3) is 6.08 Å². The van der Waals surface area contributed by atoms with Crippen LogP contribution in [0, 0.1) is 11.8 Å². The Morgan fingerprint density at radius 3 is 2.76 bits per heavy atom. The molecule has 2 bridgehead atoms. The van der Waals surface area contributed by atoms with E-state index in [1.54, 1.807) is 34.9 Å². The third kappa shape index (κ3) is 4.01. The van der Waals surface area contributed by atoms with Crippen LogP contribution >= 0.6 is 0 Å². The van der Waals surface area contributed by atoms with Gasteiger partial charge in [-0.25, -0.2) is 4.98 Å². The third-order valence-corrected chi connectivity index (χ3v) is 6.75. The molecule has 1 fully saturated rings. The Bertz CT molecular complexity index is 1130. The van der Waals surface area contributed by atoms with Crippen molar-refractivity contribution in [3.8, 4) is 0 Å². The molecule has 0 radical (unpaired) electrons. The average Bonchev–Trinajstić information content (AvgIpc) is 3.32. The number of hydrogen-bond acceptors (Lipinski definition) is 5. The quantitative estimate of drug-likeness (QED) is 0.647. The van der Waals surface area contributed by atoms with E-state index in [1.807, 2.05) is 36.9 Å². The second-order valence-corrected chi connectivity index (χ2v) is 8.74. The Kier molecular flexibility index (Phi) is 6.51. The number of amides is 2. The molecular formula is C24H31N5O4. The number of aromatic nitrogens is 3. The zero-order chi connectivity index (χ0) is 23.7. The maximum atomic E-state index is 13.4. The molecule has 9 nitrogen and oxygen atoms in total. The molecule has 2 aliphatic heterocycles. The standard InChI is InChI=1S/C24H31N5O4/c1-4-6-15-7-8-18-22-21(23(32)25-10-9-16-11-27(3)14-26-16)17(13-30)19(12-28(18)24(15)33)29(22)20(31)5-2/h4,6-8,11,14,17,19,21-22,30H,5,9-10,12-13H2,1-3H3,(H,25,32)/t17-,19-,21+,22+/m0/s1. The molecule has 33 heavy (non-hydrogen) atoms. The van der Waals surface area contributed by atoms with Crippen LogP contribution in [0.3, 0.4) is 0 Å². The predicted molar refractivity (Wildman–Crippen MR) is 123 cm³/mol. The minimum atomic E-state index is -0.639. The normalized spacial score (nSPS) is 23.7. The first kappa shape index (κ1) is 23.0. The minimum Gasteiger partial charge on any atom is -0.396 e. The van der Waals surface area contributed by atoms with Crippen molar-refractivity contribution in [2.75, 3.05) is 13.2 Å². The van der Waals surface area contributed by atoms with Crippen LogP contribution in [-0.4, -0.2) is 55.1 Å². The number of nitrogens with one attached hydrogen (secondary N) is 1. The monoisotopic (exact) mass is 453 g/mol. The molecule has 0 unspecified atom stereocenters. The Morgan fingerprint density at radius 2 is 2.12 bits per heavy atom. The molecule has 176 valence electrons. The number of hydrogen-bond donors (Lipinski definition) is 2. The summed E-state index contributed by atoms with van der Waals surface area (Å²) in [5.74, 6) is -1.39. The molecule has 0 saturated carbocycles. The first-order valence-electron chi connectivity index (χ1n) is 11.4. The molecule has 1 saturated heterocycles. The average molecular weight is 454 g/mol. The number of rotatable bonds is 7. The Morgan fingerprint density at radius 1 is 1.33 bits per heavy atom. The molecule has 2 aromatic rings. The molecule has 0 aromatic carbocycles. The maximum Gasteiger partial charge on any atom is 0.258 e. The lowest BCUT2D eigenvalue weighted by Crippen LogP contribution is -2.49. The fourth-order valence-corrected chi connectivity index (χ4v) is 5.28. The molecule has 4 heterocycles. The number of fused-ring (bicyclic) bond motifs is 4. The second-order valence-electron chi connectivity index (χ2n) is 8.74. The molecular weight excluding hydrogens is 422 g/mol. The Labute approximate surface area is 192 Å². The lowest BCUT2D eigenvalue weighted by atomic mass is 9.86. The van der Waals surface area contributed by atoms with Crippen LogP contribution < -0.4 is 10.9 Å². The number of imidazole rings is 1. The van der Waals surface area contributed by atoms with E-state index in [0.717, 1.165) is 5.69 Å². The van der Waals surface area contributed by atoms with Crippen molar-refractivity contribution < 1.29 is 14.7 Å². The van der Waals surface area contributed by atoms with Crippen LogP contribution in [-0.2, 0) is 29.6 Å². The second kappa shape index (κ2) is 9.35. The first-order chi connectivity index (χ1) is 15.9. The van der Waals surface area contributed by atoms with E-state index in [-0.39, 0.29) is 30.5 Å². The Balaban J connectivity index is 1.67. The van der Waals surface area contributed by atoms with Gasteiger partial charge in [-0.2, -0.15) is 0 Å². The molecule has 4 atom stereocenters. The highest BCUT2D eigenvalue weighted by Crippen LogP contribution is 2.48. The van der Waals surface area contributed by atoms with Gasteiger partial charge in [-0.3, -0.25) is 14.4 Å². The van der Waals surface area contributed by atoms with E-state index in [4.69, 9.17) is 0 Å². The highest BCUT2D eigenvalue weighted by atomic mass is 16.3. The summed E-state index contributed by atoms with van der Waals surface area (Å²) in [5.41, 5.74) is 1.94. The third-order valence-electron chi connectivity index (χ3n) is 6.75. The molecule has 2 aromatic heterocycles. The van der Waals surface area contributed by atoms with Crippen molar-refractivity contribution in [2.45, 2.75) is 45.3 Å². The zero-order valence-electron chi connectivity index (χ0n) is 19.3.